The molecule has 0 saturated heterocycles. The van der Waals surface area contributed by atoms with Crippen molar-refractivity contribution in [3.8, 4) is 11.5 Å². The molecule has 1 aliphatic carbocycles. The maximum Gasteiger partial charge on any atom is 0.344 e. The molecule has 0 N–H and O–H groups in total. The predicted molar refractivity (Wildman–Crippen MR) is 146 cm³/mol. The Balaban J connectivity index is 1.25. The summed E-state index contributed by atoms with van der Waals surface area (Å²) in [6.45, 7) is -0.0878. The molecule has 202 valence electrons. The molecule has 2 unspecified atom stereocenters. The Labute approximate surface area is 245 Å². The van der Waals surface area contributed by atoms with E-state index in [1.165, 1.54) is 12.1 Å². The Hall–Kier alpha value is -1.28. The van der Waals surface area contributed by atoms with Crippen molar-refractivity contribution in [1.29, 1.82) is 0 Å². The molecule has 0 spiro atoms. The van der Waals surface area contributed by atoms with Gasteiger partial charge >= 0.3 is 11.9 Å². The SMILES string of the molecule is O=C(COc1ccc(Cl)cc1Cl)OCCCC1C(CCCOC(=O)COc2ccc(Cl)cc2Cl)C1(Cl)Cl. The quantitative estimate of drug-likeness (QED) is 0.120. The molecule has 6 nitrogen and oxygen atoms in total. The second kappa shape index (κ2) is 14.2. The molecule has 0 heterocycles. The third kappa shape index (κ3) is 9.45. The number of hydrogen-bond acceptors (Lipinski definition) is 6. The number of ether oxygens (including phenoxy) is 4. The van der Waals surface area contributed by atoms with Crippen LogP contribution in [0.2, 0.25) is 20.1 Å². The Kier molecular flexibility index (Phi) is 11.6. The third-order valence-corrected chi connectivity index (χ3v) is 7.87. The van der Waals surface area contributed by atoms with Crippen molar-refractivity contribution in [3.05, 3.63) is 56.5 Å². The summed E-state index contributed by atoms with van der Waals surface area (Å²) in [7, 11) is 0. The lowest BCUT2D eigenvalue weighted by Crippen LogP contribution is -2.16. The molecule has 0 bridgehead atoms. The van der Waals surface area contributed by atoms with Crippen molar-refractivity contribution in [2.45, 2.75) is 30.0 Å². The van der Waals surface area contributed by atoms with Crippen LogP contribution in [-0.2, 0) is 19.1 Å². The lowest BCUT2D eigenvalue weighted by atomic mass is 10.1. The molecule has 1 aliphatic rings. The van der Waals surface area contributed by atoms with E-state index in [-0.39, 0.29) is 38.3 Å². The fourth-order valence-corrected chi connectivity index (χ4v) is 5.61. The summed E-state index contributed by atoms with van der Waals surface area (Å²) in [5, 5.41) is 1.57. The van der Waals surface area contributed by atoms with Crippen molar-refractivity contribution in [2.24, 2.45) is 11.8 Å². The van der Waals surface area contributed by atoms with E-state index in [9.17, 15) is 9.59 Å². The van der Waals surface area contributed by atoms with Gasteiger partial charge in [-0.3, -0.25) is 0 Å². The average Bonchev–Trinajstić information content (AvgIpc) is 3.36. The number of carbonyl (C=O) groups is 2. The molecule has 1 saturated carbocycles. The molecule has 0 amide bonds. The normalized spacial score (nSPS) is 17.7. The fourth-order valence-electron chi connectivity index (χ4n) is 3.77. The van der Waals surface area contributed by atoms with E-state index < -0.39 is 16.3 Å². The summed E-state index contributed by atoms with van der Waals surface area (Å²) in [6, 6.07) is 9.44. The number of benzene rings is 2. The van der Waals surface area contributed by atoms with Crippen LogP contribution in [0.4, 0.5) is 0 Å². The highest BCUT2D eigenvalue weighted by Gasteiger charge is 2.61. The number of halogens is 6. The Bertz CT molecular complexity index is 1010. The summed E-state index contributed by atoms with van der Waals surface area (Å²) in [5.74, 6) is -0.172. The molecule has 2 aromatic carbocycles. The van der Waals surface area contributed by atoms with Crippen LogP contribution in [0.5, 0.6) is 11.5 Å². The molecule has 0 aromatic heterocycles. The summed E-state index contributed by atoms with van der Waals surface area (Å²) in [5.41, 5.74) is 0. The minimum atomic E-state index is -0.836. The molecule has 37 heavy (non-hydrogen) atoms. The maximum atomic E-state index is 11.9. The number of esters is 2. The molecule has 2 atom stereocenters. The second-order valence-corrected chi connectivity index (χ2v) is 11.5. The van der Waals surface area contributed by atoms with Gasteiger partial charge in [-0.1, -0.05) is 46.4 Å². The van der Waals surface area contributed by atoms with E-state index in [4.69, 9.17) is 88.6 Å². The standard InChI is InChI=1S/C25H24Cl6O6/c26-15-5-7-21(19(28)11-15)36-13-23(32)34-9-1-3-17-18(25(17,30)31)4-2-10-35-24(33)14-37-22-8-6-16(27)12-20(22)29/h5-8,11-12,17-18H,1-4,9-10,13-14H2. The number of hydrogen-bond donors (Lipinski definition) is 0. The van der Waals surface area contributed by atoms with E-state index in [1.807, 2.05) is 0 Å². The van der Waals surface area contributed by atoms with Crippen LogP contribution >= 0.6 is 69.6 Å². The zero-order valence-electron chi connectivity index (χ0n) is 19.5. The van der Waals surface area contributed by atoms with Gasteiger partial charge in [-0.05, 0) is 73.9 Å². The van der Waals surface area contributed by atoms with Crippen LogP contribution in [0.1, 0.15) is 25.7 Å². The van der Waals surface area contributed by atoms with Crippen molar-refractivity contribution in [1.82, 2.24) is 0 Å². The fraction of sp³-hybridized carbons (Fsp3) is 0.440. The first-order valence-corrected chi connectivity index (χ1v) is 13.7. The summed E-state index contributed by atoms with van der Waals surface area (Å²) < 4.78 is 20.3. The van der Waals surface area contributed by atoms with E-state index >= 15 is 0 Å². The zero-order chi connectivity index (χ0) is 27.0. The van der Waals surface area contributed by atoms with Crippen molar-refractivity contribution in [2.75, 3.05) is 26.4 Å². The predicted octanol–water partition coefficient (Wildman–Crippen LogP) is 7.82. The van der Waals surface area contributed by atoms with Gasteiger partial charge in [0.15, 0.2) is 13.2 Å². The summed E-state index contributed by atoms with van der Waals surface area (Å²) >= 11 is 36.5. The molecular formula is C25H24Cl6O6. The molecule has 12 heteroatoms. The van der Waals surface area contributed by atoms with E-state index in [0.29, 0.717) is 57.3 Å². The topological polar surface area (TPSA) is 71.1 Å². The van der Waals surface area contributed by atoms with Crippen LogP contribution < -0.4 is 9.47 Å². The van der Waals surface area contributed by atoms with Gasteiger partial charge in [-0.2, -0.15) is 0 Å². The van der Waals surface area contributed by atoms with Crippen LogP contribution in [0, 0.1) is 11.8 Å². The first-order chi connectivity index (χ1) is 17.6. The van der Waals surface area contributed by atoms with Crippen LogP contribution in [0.3, 0.4) is 0 Å². The first kappa shape index (κ1) is 30.3. The third-order valence-electron chi connectivity index (χ3n) is 5.69. The largest absolute Gasteiger partial charge is 0.480 e. The Morgan fingerprint density at radius 1 is 0.703 bits per heavy atom. The average molecular weight is 633 g/mol. The second-order valence-electron chi connectivity index (χ2n) is 8.34. The van der Waals surface area contributed by atoms with Crippen molar-refractivity contribution in [3.63, 3.8) is 0 Å². The van der Waals surface area contributed by atoms with Gasteiger partial charge in [0.1, 0.15) is 15.8 Å². The molecule has 3 rings (SSSR count). The highest BCUT2D eigenvalue weighted by Crippen LogP contribution is 2.63. The highest BCUT2D eigenvalue weighted by molar-refractivity contribution is 6.51. The van der Waals surface area contributed by atoms with Crippen LogP contribution in [-0.4, -0.2) is 42.7 Å². The van der Waals surface area contributed by atoms with Crippen molar-refractivity contribution >= 4 is 81.5 Å². The lowest BCUT2D eigenvalue weighted by Gasteiger charge is -2.09. The Morgan fingerprint density at radius 3 is 1.49 bits per heavy atom. The maximum absolute atomic E-state index is 11.9. The highest BCUT2D eigenvalue weighted by atomic mass is 35.5. The number of rotatable bonds is 14. The number of carbonyl (C=O) groups excluding carboxylic acids is 2. The monoisotopic (exact) mass is 630 g/mol. The van der Waals surface area contributed by atoms with Gasteiger partial charge in [0.25, 0.3) is 0 Å². The zero-order valence-corrected chi connectivity index (χ0v) is 24.0. The van der Waals surface area contributed by atoms with Crippen LogP contribution in [0.25, 0.3) is 0 Å². The van der Waals surface area contributed by atoms with Gasteiger partial charge in [0, 0.05) is 10.0 Å². The minimum absolute atomic E-state index is 0.0738. The van der Waals surface area contributed by atoms with Gasteiger partial charge in [0.2, 0.25) is 0 Å². The number of alkyl halides is 2. The van der Waals surface area contributed by atoms with Gasteiger partial charge in [0.05, 0.1) is 23.3 Å². The molecular weight excluding hydrogens is 609 g/mol. The smallest absolute Gasteiger partial charge is 0.344 e. The molecule has 1 fully saturated rings. The van der Waals surface area contributed by atoms with Crippen LogP contribution in [0.15, 0.2) is 36.4 Å². The summed E-state index contributed by atoms with van der Waals surface area (Å²) in [4.78, 5) is 23.8. The molecule has 2 aromatic rings. The van der Waals surface area contributed by atoms with E-state index in [1.54, 1.807) is 24.3 Å². The van der Waals surface area contributed by atoms with Gasteiger partial charge < -0.3 is 18.9 Å². The Morgan fingerprint density at radius 2 is 1.11 bits per heavy atom. The molecule has 0 aliphatic heterocycles. The van der Waals surface area contributed by atoms with E-state index in [2.05, 4.69) is 0 Å². The van der Waals surface area contributed by atoms with Gasteiger partial charge in [-0.25, -0.2) is 9.59 Å². The summed E-state index contributed by atoms with van der Waals surface area (Å²) in [6.07, 6.45) is 2.61. The van der Waals surface area contributed by atoms with Crippen molar-refractivity contribution < 1.29 is 28.5 Å². The van der Waals surface area contributed by atoms with Gasteiger partial charge in [-0.15, -0.1) is 23.2 Å². The first-order valence-electron chi connectivity index (χ1n) is 11.4. The lowest BCUT2D eigenvalue weighted by molar-refractivity contribution is -0.147. The van der Waals surface area contributed by atoms with E-state index in [0.717, 1.165) is 0 Å². The molecule has 0 radical (unpaired) electrons. The minimum Gasteiger partial charge on any atom is -0.480 e.